The van der Waals surface area contributed by atoms with Crippen LogP contribution >= 0.6 is 0 Å². The summed E-state index contributed by atoms with van der Waals surface area (Å²) in [7, 11) is 1.38. The number of hydrogen-bond donors (Lipinski definition) is 1. The smallest absolute Gasteiger partial charge is 0.299 e. The minimum atomic E-state index is -4.78. The molecule has 0 radical (unpaired) electrons. The van der Waals surface area contributed by atoms with Crippen molar-refractivity contribution in [2.75, 3.05) is 0 Å². The standard InChI is InChI=1S/C15H12F3N5O2/c1-8-12(14(25)22(2)21-8)13(24)10-4-3-9(23-7-19-6-20-23)5-11(10)15(16,17)18/h3-7,21H,1-2H3. The molecule has 25 heavy (non-hydrogen) atoms. The molecule has 2 aromatic heterocycles. The van der Waals surface area contributed by atoms with Crippen LogP contribution in [0, 0.1) is 6.92 Å². The van der Waals surface area contributed by atoms with E-state index in [-0.39, 0.29) is 16.9 Å². The van der Waals surface area contributed by atoms with E-state index in [0.29, 0.717) is 0 Å². The summed E-state index contributed by atoms with van der Waals surface area (Å²) in [5.74, 6) is -0.989. The van der Waals surface area contributed by atoms with Crippen LogP contribution in [0.25, 0.3) is 5.69 Å². The number of H-pyrrole nitrogens is 1. The van der Waals surface area contributed by atoms with Crippen molar-refractivity contribution in [3.05, 3.63) is 63.6 Å². The average Bonchev–Trinajstić information content (AvgIpc) is 3.15. The molecule has 0 bridgehead atoms. The van der Waals surface area contributed by atoms with E-state index < -0.39 is 28.6 Å². The summed E-state index contributed by atoms with van der Waals surface area (Å²) in [6.45, 7) is 1.45. The Hall–Kier alpha value is -3.17. The Kier molecular flexibility index (Phi) is 3.82. The maximum absolute atomic E-state index is 13.5. The molecule has 3 aromatic rings. The highest BCUT2D eigenvalue weighted by molar-refractivity contribution is 6.10. The van der Waals surface area contributed by atoms with Crippen molar-refractivity contribution in [1.82, 2.24) is 24.5 Å². The third kappa shape index (κ3) is 2.86. The van der Waals surface area contributed by atoms with Gasteiger partial charge in [-0.15, -0.1) is 0 Å². The summed E-state index contributed by atoms with van der Waals surface area (Å²) >= 11 is 0. The number of hydrogen-bond acceptors (Lipinski definition) is 4. The molecule has 0 spiro atoms. The summed E-state index contributed by atoms with van der Waals surface area (Å²) in [5, 5.41) is 6.37. The first-order chi connectivity index (χ1) is 11.7. The van der Waals surface area contributed by atoms with E-state index in [0.717, 1.165) is 21.5 Å². The zero-order chi connectivity index (χ0) is 18.4. The monoisotopic (exact) mass is 351 g/mol. The number of carbonyl (C=O) groups excluding carboxylic acids is 1. The van der Waals surface area contributed by atoms with Gasteiger partial charge < -0.3 is 0 Å². The van der Waals surface area contributed by atoms with Gasteiger partial charge in [-0.25, -0.2) is 9.67 Å². The largest absolute Gasteiger partial charge is 0.417 e. The second-order valence-corrected chi connectivity index (χ2v) is 5.37. The number of benzene rings is 1. The van der Waals surface area contributed by atoms with Gasteiger partial charge in [0.15, 0.2) is 0 Å². The van der Waals surface area contributed by atoms with Crippen LogP contribution in [0.3, 0.4) is 0 Å². The number of nitrogens with zero attached hydrogens (tertiary/aromatic N) is 4. The van der Waals surface area contributed by atoms with Crippen LogP contribution < -0.4 is 5.56 Å². The summed E-state index contributed by atoms with van der Waals surface area (Å²) in [6, 6.07) is 3.14. The van der Waals surface area contributed by atoms with E-state index in [2.05, 4.69) is 15.2 Å². The van der Waals surface area contributed by atoms with Crippen LogP contribution in [-0.2, 0) is 13.2 Å². The van der Waals surface area contributed by atoms with Gasteiger partial charge in [0.2, 0.25) is 5.78 Å². The fraction of sp³-hybridized carbons (Fsp3) is 0.200. The lowest BCUT2D eigenvalue weighted by molar-refractivity contribution is -0.137. The van der Waals surface area contributed by atoms with Crippen molar-refractivity contribution in [2.24, 2.45) is 7.05 Å². The molecule has 0 aliphatic rings. The third-order valence-electron chi connectivity index (χ3n) is 3.69. The summed E-state index contributed by atoms with van der Waals surface area (Å²) in [4.78, 5) is 28.3. The highest BCUT2D eigenvalue weighted by Gasteiger charge is 2.37. The Morgan fingerprint density at radius 2 is 2.00 bits per heavy atom. The Morgan fingerprint density at radius 1 is 1.28 bits per heavy atom. The van der Waals surface area contributed by atoms with Crippen LogP contribution in [0.2, 0.25) is 0 Å². The topological polar surface area (TPSA) is 85.6 Å². The Bertz CT molecular complexity index is 999. The fourth-order valence-electron chi connectivity index (χ4n) is 2.54. The summed E-state index contributed by atoms with van der Waals surface area (Å²) in [5.41, 5.74) is -2.45. The number of ketones is 1. The van der Waals surface area contributed by atoms with E-state index in [4.69, 9.17) is 0 Å². The van der Waals surface area contributed by atoms with Crippen LogP contribution in [-0.4, -0.2) is 30.3 Å². The van der Waals surface area contributed by atoms with Gasteiger partial charge in [0, 0.05) is 18.3 Å². The summed E-state index contributed by atoms with van der Waals surface area (Å²) in [6.07, 6.45) is -2.36. The molecule has 0 aliphatic heterocycles. The van der Waals surface area contributed by atoms with Crippen molar-refractivity contribution >= 4 is 5.78 Å². The molecular weight excluding hydrogens is 339 g/mol. The zero-order valence-electron chi connectivity index (χ0n) is 13.1. The average molecular weight is 351 g/mol. The van der Waals surface area contributed by atoms with Gasteiger partial charge in [-0.3, -0.25) is 19.4 Å². The number of halogens is 3. The molecule has 7 nitrogen and oxygen atoms in total. The minimum absolute atomic E-state index is 0.0973. The van der Waals surface area contributed by atoms with Crippen molar-refractivity contribution in [2.45, 2.75) is 13.1 Å². The van der Waals surface area contributed by atoms with Crippen molar-refractivity contribution in [3.63, 3.8) is 0 Å². The third-order valence-corrected chi connectivity index (χ3v) is 3.69. The van der Waals surface area contributed by atoms with Crippen LogP contribution in [0.4, 0.5) is 13.2 Å². The second-order valence-electron chi connectivity index (χ2n) is 5.37. The predicted molar refractivity (Wildman–Crippen MR) is 80.6 cm³/mol. The second kappa shape index (κ2) is 5.72. The molecule has 1 N–H and O–H groups in total. The first-order valence-corrected chi connectivity index (χ1v) is 7.06. The normalized spacial score (nSPS) is 11.7. The fourth-order valence-corrected chi connectivity index (χ4v) is 2.54. The van der Waals surface area contributed by atoms with Gasteiger partial charge >= 0.3 is 6.18 Å². The number of rotatable bonds is 3. The number of aryl methyl sites for hydroxylation is 2. The highest BCUT2D eigenvalue weighted by Crippen LogP contribution is 2.34. The molecule has 10 heteroatoms. The first kappa shape index (κ1) is 16.7. The number of aromatic nitrogens is 5. The van der Waals surface area contributed by atoms with E-state index in [1.54, 1.807) is 0 Å². The number of aromatic amines is 1. The number of carbonyl (C=O) groups is 1. The van der Waals surface area contributed by atoms with E-state index in [9.17, 15) is 22.8 Å². The van der Waals surface area contributed by atoms with Crippen molar-refractivity contribution < 1.29 is 18.0 Å². The molecule has 0 unspecified atom stereocenters. The first-order valence-electron chi connectivity index (χ1n) is 7.06. The van der Waals surface area contributed by atoms with E-state index in [1.165, 1.54) is 32.7 Å². The lowest BCUT2D eigenvalue weighted by Gasteiger charge is -2.13. The quantitative estimate of drug-likeness (QED) is 0.730. The molecule has 1 aromatic carbocycles. The van der Waals surface area contributed by atoms with Crippen molar-refractivity contribution in [3.8, 4) is 5.69 Å². The Balaban J connectivity index is 2.19. The molecule has 0 saturated carbocycles. The molecule has 0 atom stereocenters. The van der Waals surface area contributed by atoms with Crippen LogP contribution in [0.1, 0.15) is 27.2 Å². The Labute approximate surface area is 138 Å². The lowest BCUT2D eigenvalue weighted by atomic mass is 9.97. The molecule has 2 heterocycles. The lowest BCUT2D eigenvalue weighted by Crippen LogP contribution is -2.22. The molecule has 0 aliphatic carbocycles. The minimum Gasteiger partial charge on any atom is -0.299 e. The number of alkyl halides is 3. The van der Waals surface area contributed by atoms with E-state index >= 15 is 0 Å². The predicted octanol–water partition coefficient (Wildman–Crippen LogP) is 1.85. The van der Waals surface area contributed by atoms with E-state index in [1.807, 2.05) is 0 Å². The van der Waals surface area contributed by atoms with Crippen molar-refractivity contribution in [1.29, 1.82) is 0 Å². The number of nitrogens with one attached hydrogen (secondary N) is 1. The molecule has 0 fully saturated rings. The van der Waals surface area contributed by atoms with Crippen LogP contribution in [0.15, 0.2) is 35.6 Å². The maximum Gasteiger partial charge on any atom is 0.417 e. The molecule has 3 rings (SSSR count). The van der Waals surface area contributed by atoms with Gasteiger partial charge in [-0.05, 0) is 25.1 Å². The van der Waals surface area contributed by atoms with Gasteiger partial charge in [-0.2, -0.15) is 18.3 Å². The SMILES string of the molecule is Cc1[nH]n(C)c(=O)c1C(=O)c1ccc(-n2cncn2)cc1C(F)(F)F. The highest BCUT2D eigenvalue weighted by atomic mass is 19.4. The maximum atomic E-state index is 13.5. The summed E-state index contributed by atoms with van der Waals surface area (Å²) < 4.78 is 42.6. The molecular formula is C15H12F3N5O2. The zero-order valence-corrected chi connectivity index (χ0v) is 13.1. The molecule has 130 valence electrons. The van der Waals surface area contributed by atoms with Gasteiger partial charge in [-0.1, -0.05) is 0 Å². The molecule has 0 saturated heterocycles. The Morgan fingerprint density at radius 3 is 2.52 bits per heavy atom. The van der Waals surface area contributed by atoms with Crippen LogP contribution in [0.5, 0.6) is 0 Å². The van der Waals surface area contributed by atoms with Gasteiger partial charge in [0.05, 0.1) is 11.3 Å². The molecule has 0 amide bonds. The van der Waals surface area contributed by atoms with Gasteiger partial charge in [0.1, 0.15) is 18.2 Å². The van der Waals surface area contributed by atoms with Gasteiger partial charge in [0.25, 0.3) is 5.56 Å².